The van der Waals surface area contributed by atoms with Crippen LogP contribution in [0.15, 0.2) is 24.3 Å². The van der Waals surface area contributed by atoms with Gasteiger partial charge in [-0.3, -0.25) is 4.79 Å². The summed E-state index contributed by atoms with van der Waals surface area (Å²) >= 11 is 0. The summed E-state index contributed by atoms with van der Waals surface area (Å²) in [5, 5.41) is 0. The van der Waals surface area contributed by atoms with E-state index >= 15 is 0 Å². The van der Waals surface area contributed by atoms with Gasteiger partial charge in [-0.15, -0.1) is 0 Å². The van der Waals surface area contributed by atoms with E-state index in [0.29, 0.717) is 15.6 Å². The van der Waals surface area contributed by atoms with Crippen molar-refractivity contribution in [2.45, 2.75) is 52.8 Å². The molecular weight excluding hydrogens is 400 g/mol. The fourth-order valence-corrected chi connectivity index (χ4v) is 3.63. The van der Waals surface area contributed by atoms with E-state index in [4.69, 9.17) is 9.47 Å². The highest BCUT2D eigenvalue weighted by atomic mass is 32.2. The van der Waals surface area contributed by atoms with Gasteiger partial charge in [0.15, 0.2) is 0 Å². The summed E-state index contributed by atoms with van der Waals surface area (Å²) in [4.78, 5) is 24.7. The highest BCUT2D eigenvalue weighted by molar-refractivity contribution is 7.87. The predicted molar refractivity (Wildman–Crippen MR) is 107 cm³/mol. The fourth-order valence-electron chi connectivity index (χ4n) is 2.26. The standard InChI is InChI=1S/C19H30N2O7S/c1-13(2)16(17(22)27-7)20-29(24,25)21(18(23)28-19(3,4)5)12-14-8-10-15(26-6)11-9-14/h8-11,13,16,20H,12H2,1-7H3/t16-/m1/s1. The summed E-state index contributed by atoms with van der Waals surface area (Å²) in [5.41, 5.74) is -0.383. The number of hydrogen-bond donors (Lipinski definition) is 1. The molecule has 1 rings (SSSR count). The third kappa shape index (κ3) is 7.54. The van der Waals surface area contributed by atoms with Gasteiger partial charge in [-0.1, -0.05) is 26.0 Å². The molecule has 0 fully saturated rings. The maximum Gasteiger partial charge on any atom is 0.425 e. The van der Waals surface area contributed by atoms with Gasteiger partial charge in [-0.25, -0.2) is 4.79 Å². The summed E-state index contributed by atoms with van der Waals surface area (Å²) in [6.45, 7) is 7.91. The molecule has 29 heavy (non-hydrogen) atoms. The minimum atomic E-state index is -4.43. The van der Waals surface area contributed by atoms with Gasteiger partial charge in [0.05, 0.1) is 20.8 Å². The molecule has 0 aliphatic carbocycles. The number of methoxy groups -OCH3 is 2. The van der Waals surface area contributed by atoms with Crippen LogP contribution in [-0.4, -0.2) is 50.6 Å². The number of amides is 1. The lowest BCUT2D eigenvalue weighted by Gasteiger charge is -2.29. The third-order valence-electron chi connectivity index (χ3n) is 3.77. The summed E-state index contributed by atoms with van der Waals surface area (Å²) in [6, 6.07) is 5.39. The van der Waals surface area contributed by atoms with Crippen LogP contribution in [-0.2, 0) is 31.0 Å². The molecule has 0 aliphatic rings. The van der Waals surface area contributed by atoms with Crippen molar-refractivity contribution in [1.82, 2.24) is 9.03 Å². The molecule has 164 valence electrons. The van der Waals surface area contributed by atoms with Gasteiger partial charge in [-0.2, -0.15) is 17.4 Å². The first-order valence-corrected chi connectivity index (χ1v) is 10.5. The molecule has 0 saturated carbocycles. The molecule has 1 aromatic carbocycles. The van der Waals surface area contributed by atoms with E-state index < -0.39 is 39.8 Å². The first-order chi connectivity index (χ1) is 13.3. The predicted octanol–water partition coefficient (Wildman–Crippen LogP) is 2.46. The molecule has 0 spiro atoms. The van der Waals surface area contributed by atoms with E-state index in [9.17, 15) is 18.0 Å². The number of benzene rings is 1. The highest BCUT2D eigenvalue weighted by Crippen LogP contribution is 2.19. The molecule has 0 heterocycles. The number of carbonyl (C=O) groups is 2. The zero-order valence-corrected chi connectivity index (χ0v) is 18.7. The number of carbonyl (C=O) groups excluding carboxylic acids is 2. The average Bonchev–Trinajstić information content (AvgIpc) is 2.62. The van der Waals surface area contributed by atoms with E-state index in [2.05, 4.69) is 9.46 Å². The van der Waals surface area contributed by atoms with E-state index in [1.807, 2.05) is 0 Å². The number of nitrogens with zero attached hydrogens (tertiary/aromatic N) is 1. The molecule has 0 radical (unpaired) electrons. The Morgan fingerprint density at radius 2 is 1.66 bits per heavy atom. The van der Waals surface area contributed by atoms with Crippen molar-refractivity contribution in [2.75, 3.05) is 14.2 Å². The smallest absolute Gasteiger partial charge is 0.425 e. The summed E-state index contributed by atoms with van der Waals surface area (Å²) in [6.07, 6.45) is -1.06. The monoisotopic (exact) mass is 430 g/mol. The van der Waals surface area contributed by atoms with Crippen molar-refractivity contribution in [1.29, 1.82) is 0 Å². The topological polar surface area (TPSA) is 111 Å². The van der Waals surface area contributed by atoms with Crippen LogP contribution >= 0.6 is 0 Å². The van der Waals surface area contributed by atoms with Crippen molar-refractivity contribution < 1.29 is 32.2 Å². The first-order valence-electron chi connectivity index (χ1n) is 9.04. The molecule has 9 nitrogen and oxygen atoms in total. The molecule has 1 N–H and O–H groups in total. The fraction of sp³-hybridized carbons (Fsp3) is 0.579. The molecule has 1 amide bonds. The first kappa shape index (κ1) is 24.7. The molecule has 0 unspecified atom stereocenters. The van der Waals surface area contributed by atoms with Crippen LogP contribution in [0.2, 0.25) is 0 Å². The molecule has 1 aromatic rings. The Kier molecular flexibility index (Phi) is 8.46. The number of nitrogens with one attached hydrogen (secondary N) is 1. The lowest BCUT2D eigenvalue weighted by atomic mass is 10.1. The Morgan fingerprint density at radius 1 is 1.10 bits per heavy atom. The van der Waals surface area contributed by atoms with Crippen LogP contribution < -0.4 is 9.46 Å². The van der Waals surface area contributed by atoms with E-state index in [0.717, 1.165) is 7.11 Å². The SMILES string of the molecule is COC(=O)[C@H](NS(=O)(=O)N(Cc1ccc(OC)cc1)C(=O)OC(C)(C)C)C(C)C. The Bertz CT molecular complexity index is 799. The van der Waals surface area contributed by atoms with Gasteiger partial charge >= 0.3 is 22.3 Å². The van der Waals surface area contributed by atoms with E-state index in [-0.39, 0.29) is 6.54 Å². The Balaban J connectivity index is 3.25. The van der Waals surface area contributed by atoms with Crippen LogP contribution in [0.25, 0.3) is 0 Å². The lowest BCUT2D eigenvalue weighted by Crippen LogP contribution is -2.52. The summed E-state index contributed by atoms with van der Waals surface area (Å²) < 4.78 is 43.8. The number of esters is 1. The van der Waals surface area contributed by atoms with Gasteiger partial charge in [0, 0.05) is 0 Å². The van der Waals surface area contributed by atoms with Crippen LogP contribution in [0.4, 0.5) is 4.79 Å². The van der Waals surface area contributed by atoms with Gasteiger partial charge in [0.1, 0.15) is 17.4 Å². The number of ether oxygens (including phenoxy) is 3. The van der Waals surface area contributed by atoms with Crippen molar-refractivity contribution in [3.05, 3.63) is 29.8 Å². The van der Waals surface area contributed by atoms with Gasteiger partial charge < -0.3 is 14.2 Å². The minimum absolute atomic E-state index is 0.291. The minimum Gasteiger partial charge on any atom is -0.497 e. The summed E-state index contributed by atoms with van der Waals surface area (Å²) in [7, 11) is -1.76. The normalized spacial score (nSPS) is 13.0. The van der Waals surface area contributed by atoms with Crippen molar-refractivity contribution in [3.63, 3.8) is 0 Å². The Morgan fingerprint density at radius 3 is 2.07 bits per heavy atom. The van der Waals surface area contributed by atoms with Gasteiger partial charge in [0.25, 0.3) is 0 Å². The number of hydrogen-bond acceptors (Lipinski definition) is 7. The molecule has 0 aromatic heterocycles. The molecular formula is C19H30N2O7S. The van der Waals surface area contributed by atoms with Crippen LogP contribution in [0.5, 0.6) is 5.75 Å². The second-order valence-corrected chi connectivity index (χ2v) is 9.33. The summed E-state index contributed by atoms with van der Waals surface area (Å²) in [5.74, 6) is -0.569. The van der Waals surface area contributed by atoms with Crippen LogP contribution in [0.3, 0.4) is 0 Å². The van der Waals surface area contributed by atoms with Gasteiger partial charge in [-0.05, 0) is 44.4 Å². The molecule has 0 aliphatic heterocycles. The maximum atomic E-state index is 13.0. The molecule has 10 heteroatoms. The third-order valence-corrected chi connectivity index (χ3v) is 5.18. The molecule has 0 bridgehead atoms. The largest absolute Gasteiger partial charge is 0.497 e. The molecule has 0 saturated heterocycles. The Labute approximate surface area is 172 Å². The van der Waals surface area contributed by atoms with Gasteiger partial charge in [0.2, 0.25) is 0 Å². The molecule has 1 atom stereocenters. The van der Waals surface area contributed by atoms with Crippen molar-refractivity contribution in [3.8, 4) is 5.75 Å². The van der Waals surface area contributed by atoms with E-state index in [1.165, 1.54) is 7.11 Å². The van der Waals surface area contributed by atoms with Crippen molar-refractivity contribution >= 4 is 22.3 Å². The zero-order valence-electron chi connectivity index (χ0n) is 17.9. The van der Waals surface area contributed by atoms with Crippen LogP contribution in [0, 0.1) is 5.92 Å². The lowest BCUT2D eigenvalue weighted by molar-refractivity contribution is -0.143. The average molecular weight is 431 g/mol. The number of rotatable bonds is 8. The Hall–Kier alpha value is -2.33. The second kappa shape index (κ2) is 9.93. The second-order valence-electron chi connectivity index (χ2n) is 7.70. The highest BCUT2D eigenvalue weighted by Gasteiger charge is 2.36. The maximum absolute atomic E-state index is 13.0. The van der Waals surface area contributed by atoms with Crippen molar-refractivity contribution in [2.24, 2.45) is 5.92 Å². The quantitative estimate of drug-likeness (QED) is 0.631. The van der Waals surface area contributed by atoms with E-state index in [1.54, 1.807) is 58.9 Å². The van der Waals surface area contributed by atoms with Crippen LogP contribution in [0.1, 0.15) is 40.2 Å². The zero-order chi connectivity index (χ0) is 22.4.